The van der Waals surface area contributed by atoms with Crippen molar-refractivity contribution in [2.75, 3.05) is 11.1 Å². The molecule has 140 valence electrons. The summed E-state index contributed by atoms with van der Waals surface area (Å²) in [5.74, 6) is 0.0249. The number of hydrogen-bond donors (Lipinski definition) is 2. The van der Waals surface area contributed by atoms with E-state index in [0.717, 1.165) is 27.7 Å². The molecule has 1 amide bonds. The van der Waals surface area contributed by atoms with Gasteiger partial charge >= 0.3 is 5.69 Å². The Bertz CT molecular complexity index is 985. The van der Waals surface area contributed by atoms with E-state index in [1.807, 2.05) is 55.5 Å². The molecule has 2 N–H and O–H groups in total. The first-order chi connectivity index (χ1) is 13.0. The normalized spacial score (nSPS) is 10.7. The van der Waals surface area contributed by atoms with Crippen LogP contribution in [0.15, 0.2) is 63.0 Å². The van der Waals surface area contributed by atoms with Crippen molar-refractivity contribution in [2.24, 2.45) is 0 Å². The average Bonchev–Trinajstić information content (AvgIpc) is 3.02. The average molecular weight is 447 g/mol. The molecule has 3 rings (SSSR count). The number of aryl methyl sites for hydroxylation is 2. The van der Waals surface area contributed by atoms with Crippen LogP contribution in [-0.2, 0) is 17.8 Å². The fourth-order valence-electron chi connectivity index (χ4n) is 2.55. The Kier molecular flexibility index (Phi) is 6.52. The lowest BCUT2D eigenvalue weighted by molar-refractivity contribution is -0.113. The first-order valence-corrected chi connectivity index (χ1v) is 10.2. The third-order valence-electron chi connectivity index (χ3n) is 3.96. The van der Waals surface area contributed by atoms with Gasteiger partial charge in [0, 0.05) is 16.7 Å². The molecule has 0 aliphatic rings. The lowest BCUT2D eigenvalue weighted by atomic mass is 10.1. The number of carbonyl (C=O) groups is 1. The van der Waals surface area contributed by atoms with E-state index in [-0.39, 0.29) is 17.3 Å². The van der Waals surface area contributed by atoms with Crippen molar-refractivity contribution in [1.29, 1.82) is 0 Å². The van der Waals surface area contributed by atoms with Crippen molar-refractivity contribution in [3.8, 4) is 0 Å². The van der Waals surface area contributed by atoms with Gasteiger partial charge in [-0.05, 0) is 42.7 Å². The molecule has 6 nitrogen and oxygen atoms in total. The molecule has 1 heterocycles. The van der Waals surface area contributed by atoms with Crippen LogP contribution in [0.5, 0.6) is 0 Å². The van der Waals surface area contributed by atoms with Crippen LogP contribution in [0.4, 0.5) is 5.69 Å². The van der Waals surface area contributed by atoms with Gasteiger partial charge in [0.2, 0.25) is 5.91 Å². The molecule has 0 aliphatic carbocycles. The number of hydrogen-bond acceptors (Lipinski definition) is 4. The van der Waals surface area contributed by atoms with E-state index in [0.29, 0.717) is 11.7 Å². The molecule has 1 aromatic heterocycles. The van der Waals surface area contributed by atoms with E-state index in [1.165, 1.54) is 11.8 Å². The van der Waals surface area contributed by atoms with E-state index in [9.17, 15) is 9.59 Å². The molecule has 0 unspecified atom stereocenters. The monoisotopic (exact) mass is 446 g/mol. The van der Waals surface area contributed by atoms with Crippen LogP contribution in [0.25, 0.3) is 0 Å². The Morgan fingerprint density at radius 2 is 2.04 bits per heavy atom. The van der Waals surface area contributed by atoms with Gasteiger partial charge in [-0.1, -0.05) is 58.0 Å². The minimum atomic E-state index is -0.266. The van der Waals surface area contributed by atoms with E-state index >= 15 is 0 Å². The van der Waals surface area contributed by atoms with E-state index in [1.54, 1.807) is 4.57 Å². The predicted molar refractivity (Wildman–Crippen MR) is 111 cm³/mol. The number of thioether (sulfide) groups is 1. The van der Waals surface area contributed by atoms with Gasteiger partial charge in [0.05, 0.1) is 5.75 Å². The van der Waals surface area contributed by atoms with Crippen LogP contribution in [0.3, 0.4) is 0 Å². The SMILES string of the molecule is Cc1cc(NC(=O)CSc2n[nH]c(=O)n2CCc2ccccc2)ccc1Br. The maximum atomic E-state index is 12.2. The van der Waals surface area contributed by atoms with Crippen LogP contribution in [-0.4, -0.2) is 26.4 Å². The minimum Gasteiger partial charge on any atom is -0.325 e. The zero-order valence-electron chi connectivity index (χ0n) is 14.7. The fourth-order valence-corrected chi connectivity index (χ4v) is 3.57. The number of amides is 1. The summed E-state index contributed by atoms with van der Waals surface area (Å²) in [6.07, 6.45) is 0.720. The summed E-state index contributed by atoms with van der Waals surface area (Å²) in [6.45, 7) is 2.47. The summed E-state index contributed by atoms with van der Waals surface area (Å²) >= 11 is 4.67. The molecule has 0 bridgehead atoms. The summed E-state index contributed by atoms with van der Waals surface area (Å²) in [5.41, 5.74) is 2.66. The molecule has 0 aliphatic heterocycles. The van der Waals surface area contributed by atoms with Gasteiger partial charge in [0.15, 0.2) is 5.16 Å². The Hall–Kier alpha value is -2.32. The van der Waals surface area contributed by atoms with Crippen molar-refractivity contribution < 1.29 is 4.79 Å². The molecule has 2 aromatic carbocycles. The van der Waals surface area contributed by atoms with E-state index in [4.69, 9.17) is 0 Å². The summed E-state index contributed by atoms with van der Waals surface area (Å²) in [4.78, 5) is 24.2. The number of nitrogens with zero attached hydrogens (tertiary/aromatic N) is 2. The highest BCUT2D eigenvalue weighted by molar-refractivity contribution is 9.10. The maximum absolute atomic E-state index is 12.2. The Balaban J connectivity index is 1.58. The van der Waals surface area contributed by atoms with E-state index < -0.39 is 0 Å². The number of carbonyl (C=O) groups excluding carboxylic acids is 1. The van der Waals surface area contributed by atoms with Crippen LogP contribution >= 0.6 is 27.7 Å². The van der Waals surface area contributed by atoms with Gasteiger partial charge < -0.3 is 5.32 Å². The first kappa shape index (κ1) is 19.4. The van der Waals surface area contributed by atoms with Crippen molar-refractivity contribution in [3.63, 3.8) is 0 Å². The van der Waals surface area contributed by atoms with Crippen LogP contribution < -0.4 is 11.0 Å². The molecule has 3 aromatic rings. The zero-order valence-corrected chi connectivity index (χ0v) is 17.1. The van der Waals surface area contributed by atoms with Crippen molar-refractivity contribution >= 4 is 39.3 Å². The van der Waals surface area contributed by atoms with Crippen molar-refractivity contribution in [1.82, 2.24) is 14.8 Å². The van der Waals surface area contributed by atoms with Gasteiger partial charge in [-0.15, -0.1) is 5.10 Å². The summed E-state index contributed by atoms with van der Waals surface area (Å²) < 4.78 is 2.56. The first-order valence-electron chi connectivity index (χ1n) is 8.41. The number of aromatic amines is 1. The molecular formula is C19H19BrN4O2S. The highest BCUT2D eigenvalue weighted by Gasteiger charge is 2.12. The second-order valence-corrected chi connectivity index (χ2v) is 7.80. The third kappa shape index (κ3) is 5.33. The summed E-state index contributed by atoms with van der Waals surface area (Å²) in [7, 11) is 0. The maximum Gasteiger partial charge on any atom is 0.343 e. The number of halogens is 1. The second kappa shape index (κ2) is 9.05. The second-order valence-electron chi connectivity index (χ2n) is 6.00. The van der Waals surface area contributed by atoms with Gasteiger partial charge in [-0.25, -0.2) is 9.89 Å². The van der Waals surface area contributed by atoms with Gasteiger partial charge in [0.1, 0.15) is 0 Å². The molecule has 8 heteroatoms. The smallest absolute Gasteiger partial charge is 0.325 e. The Labute approximate surface area is 169 Å². The van der Waals surface area contributed by atoms with Crippen LogP contribution in [0.1, 0.15) is 11.1 Å². The Morgan fingerprint density at radius 3 is 2.78 bits per heavy atom. The molecular weight excluding hydrogens is 428 g/mol. The number of aromatic nitrogens is 3. The van der Waals surface area contributed by atoms with Gasteiger partial charge in [-0.2, -0.15) is 0 Å². The topological polar surface area (TPSA) is 79.8 Å². The highest BCUT2D eigenvalue weighted by atomic mass is 79.9. The van der Waals surface area contributed by atoms with Crippen LogP contribution in [0, 0.1) is 6.92 Å². The molecule has 0 fully saturated rings. The molecule has 0 saturated heterocycles. The number of nitrogens with one attached hydrogen (secondary N) is 2. The van der Waals surface area contributed by atoms with E-state index in [2.05, 4.69) is 31.4 Å². The van der Waals surface area contributed by atoms with Crippen LogP contribution in [0.2, 0.25) is 0 Å². The standard InChI is InChI=1S/C19H19BrN4O2S/c1-13-11-15(7-8-16(13)20)21-17(25)12-27-19-23-22-18(26)24(19)10-9-14-5-3-2-4-6-14/h2-8,11H,9-10,12H2,1H3,(H,21,25)(H,22,26). The fraction of sp³-hybridized carbons (Fsp3) is 0.211. The number of anilines is 1. The zero-order chi connectivity index (χ0) is 19.2. The summed E-state index contributed by atoms with van der Waals surface area (Å²) in [5, 5.41) is 9.87. The highest BCUT2D eigenvalue weighted by Crippen LogP contribution is 2.21. The number of benzene rings is 2. The molecule has 27 heavy (non-hydrogen) atoms. The molecule has 0 radical (unpaired) electrons. The predicted octanol–water partition coefficient (Wildman–Crippen LogP) is 3.62. The summed E-state index contributed by atoms with van der Waals surface area (Å²) in [6, 6.07) is 15.6. The Morgan fingerprint density at radius 1 is 1.26 bits per heavy atom. The van der Waals surface area contributed by atoms with Gasteiger partial charge in [0.25, 0.3) is 0 Å². The number of H-pyrrole nitrogens is 1. The minimum absolute atomic E-state index is 0.146. The largest absolute Gasteiger partial charge is 0.343 e. The number of rotatable bonds is 7. The third-order valence-corrected chi connectivity index (χ3v) is 5.83. The molecule has 0 atom stereocenters. The lowest BCUT2D eigenvalue weighted by Gasteiger charge is -2.08. The quantitative estimate of drug-likeness (QED) is 0.543. The molecule has 0 spiro atoms. The molecule has 0 saturated carbocycles. The van der Waals surface area contributed by atoms with Crippen molar-refractivity contribution in [2.45, 2.75) is 25.0 Å². The van der Waals surface area contributed by atoms with Crippen molar-refractivity contribution in [3.05, 3.63) is 74.6 Å². The lowest BCUT2D eigenvalue weighted by Crippen LogP contribution is -2.20. The van der Waals surface area contributed by atoms with Gasteiger partial charge in [-0.3, -0.25) is 9.36 Å².